The Morgan fingerprint density at radius 2 is 1.83 bits per heavy atom. The van der Waals surface area contributed by atoms with Crippen molar-refractivity contribution in [1.29, 1.82) is 0 Å². The second-order valence-corrected chi connectivity index (χ2v) is 8.48. The van der Waals surface area contributed by atoms with Crippen molar-refractivity contribution in [1.82, 2.24) is 25.6 Å². The van der Waals surface area contributed by atoms with Crippen LogP contribution in [0, 0.1) is 0 Å². The van der Waals surface area contributed by atoms with Gasteiger partial charge in [0.05, 0.1) is 31.6 Å². The van der Waals surface area contributed by atoms with Crippen LogP contribution in [0.15, 0.2) is 24.4 Å². The number of nitrogens with zero attached hydrogens (tertiary/aromatic N) is 3. The first-order valence-electron chi connectivity index (χ1n) is 11.0. The molecule has 0 aliphatic heterocycles. The normalized spacial score (nSPS) is 11.9. The van der Waals surface area contributed by atoms with E-state index in [1.807, 2.05) is 0 Å². The zero-order valence-electron chi connectivity index (χ0n) is 19.5. The third kappa shape index (κ3) is 9.15. The summed E-state index contributed by atoms with van der Waals surface area (Å²) in [6.07, 6.45) is -0.827. The first-order chi connectivity index (χ1) is 16.5. The first-order valence-corrected chi connectivity index (χ1v) is 11.0. The number of hydrogen-bond donors (Lipinski definition) is 3. The van der Waals surface area contributed by atoms with Crippen molar-refractivity contribution >= 4 is 11.8 Å². The van der Waals surface area contributed by atoms with Crippen molar-refractivity contribution in [2.24, 2.45) is 0 Å². The Kier molecular flexibility index (Phi) is 9.99. The Bertz CT molecular complexity index is 994. The molecule has 0 saturated heterocycles. The minimum absolute atomic E-state index is 0.0457. The highest BCUT2D eigenvalue weighted by Gasteiger charge is 2.28. The molecule has 0 fully saturated rings. The largest absolute Gasteiger partial charge is 0.491 e. The van der Waals surface area contributed by atoms with Gasteiger partial charge in [0, 0.05) is 5.56 Å². The summed E-state index contributed by atoms with van der Waals surface area (Å²) in [7, 11) is 0. The number of rotatable bonds is 13. The van der Waals surface area contributed by atoms with E-state index in [0.29, 0.717) is 31.4 Å². The van der Waals surface area contributed by atoms with Gasteiger partial charge in [0.2, 0.25) is 0 Å². The fourth-order valence-electron chi connectivity index (χ4n) is 2.87. The lowest BCUT2D eigenvalue weighted by Gasteiger charge is -2.22. The molecule has 0 aliphatic carbocycles. The molecule has 0 aliphatic rings. The molecule has 9 nitrogen and oxygen atoms in total. The van der Waals surface area contributed by atoms with Gasteiger partial charge in [0.25, 0.3) is 11.8 Å². The van der Waals surface area contributed by atoms with Gasteiger partial charge in [-0.1, -0.05) is 11.6 Å². The Hall–Kier alpha value is -3.22. The highest BCUT2D eigenvalue weighted by Crippen LogP contribution is 2.25. The molecule has 13 heteroatoms. The molecule has 2 aromatic rings. The molecule has 3 N–H and O–H groups in total. The molecule has 2 rings (SSSR count). The van der Waals surface area contributed by atoms with Crippen LogP contribution in [0.4, 0.5) is 17.6 Å². The fourth-order valence-corrected chi connectivity index (χ4v) is 2.87. The van der Waals surface area contributed by atoms with Crippen molar-refractivity contribution in [3.63, 3.8) is 0 Å². The van der Waals surface area contributed by atoms with Gasteiger partial charge in [-0.2, -0.15) is 13.2 Å². The number of amides is 2. The molecular formula is C22H29F4N5O4. The minimum atomic E-state index is -4.56. The summed E-state index contributed by atoms with van der Waals surface area (Å²) in [5, 5.41) is 21.5. The van der Waals surface area contributed by atoms with E-state index >= 15 is 0 Å². The topological polar surface area (TPSA) is 118 Å². The molecule has 0 saturated carbocycles. The van der Waals surface area contributed by atoms with Gasteiger partial charge < -0.3 is 20.5 Å². The highest BCUT2D eigenvalue weighted by molar-refractivity contribution is 5.95. The number of ether oxygens (including phenoxy) is 1. The molecule has 1 heterocycles. The van der Waals surface area contributed by atoms with Crippen LogP contribution in [0.25, 0.3) is 5.69 Å². The van der Waals surface area contributed by atoms with Crippen LogP contribution in [0.3, 0.4) is 0 Å². The monoisotopic (exact) mass is 503 g/mol. The average molecular weight is 503 g/mol. The van der Waals surface area contributed by atoms with Crippen LogP contribution in [-0.2, 0) is 0 Å². The molecule has 0 atom stereocenters. The SMILES string of the molecule is CC(C)(CO)NC(=O)c1cn(-c2ccc(C(=O)NCC(F)(F)F)cc2OCCCCCCF)nn1. The summed E-state index contributed by atoms with van der Waals surface area (Å²) < 4.78 is 56.6. The number of carbonyl (C=O) groups excluding carboxylic acids is 2. The summed E-state index contributed by atoms with van der Waals surface area (Å²) in [6.45, 7) is 1.27. The second-order valence-electron chi connectivity index (χ2n) is 8.48. The number of benzene rings is 1. The maximum Gasteiger partial charge on any atom is 0.405 e. The summed E-state index contributed by atoms with van der Waals surface area (Å²) in [5.41, 5.74) is -0.694. The van der Waals surface area contributed by atoms with E-state index in [-0.39, 0.29) is 30.2 Å². The number of nitrogens with one attached hydrogen (secondary N) is 2. The second kappa shape index (κ2) is 12.5. The Morgan fingerprint density at radius 1 is 1.11 bits per heavy atom. The number of aliphatic hydroxyl groups is 1. The Labute approximate surface area is 199 Å². The van der Waals surface area contributed by atoms with E-state index in [9.17, 15) is 32.3 Å². The van der Waals surface area contributed by atoms with Gasteiger partial charge in [0.1, 0.15) is 18.0 Å². The third-order valence-corrected chi connectivity index (χ3v) is 4.78. The van der Waals surface area contributed by atoms with Gasteiger partial charge in [-0.3, -0.25) is 14.0 Å². The van der Waals surface area contributed by atoms with Gasteiger partial charge >= 0.3 is 6.18 Å². The minimum Gasteiger partial charge on any atom is -0.491 e. The Balaban J connectivity index is 2.24. The van der Waals surface area contributed by atoms with Crippen molar-refractivity contribution in [3.8, 4) is 11.4 Å². The quantitative estimate of drug-likeness (QED) is 0.286. The van der Waals surface area contributed by atoms with Crippen LogP contribution >= 0.6 is 0 Å². The third-order valence-electron chi connectivity index (χ3n) is 4.78. The van der Waals surface area contributed by atoms with E-state index in [0.717, 1.165) is 0 Å². The van der Waals surface area contributed by atoms with E-state index in [1.54, 1.807) is 19.2 Å². The number of aromatic nitrogens is 3. The number of halogens is 4. The van der Waals surface area contributed by atoms with Gasteiger partial charge in [-0.15, -0.1) is 5.10 Å². The van der Waals surface area contributed by atoms with E-state index in [4.69, 9.17) is 4.74 Å². The molecule has 0 radical (unpaired) electrons. The number of alkyl halides is 4. The number of hydrogen-bond acceptors (Lipinski definition) is 6. The maximum absolute atomic E-state index is 12.5. The van der Waals surface area contributed by atoms with Crippen LogP contribution < -0.4 is 15.4 Å². The van der Waals surface area contributed by atoms with E-state index < -0.39 is 36.7 Å². The first kappa shape index (κ1) is 28.0. The number of carbonyl (C=O) groups is 2. The lowest BCUT2D eigenvalue weighted by molar-refractivity contribution is -0.123. The van der Waals surface area contributed by atoms with Crippen LogP contribution in [0.2, 0.25) is 0 Å². The summed E-state index contributed by atoms with van der Waals surface area (Å²) >= 11 is 0. The molecule has 0 unspecified atom stereocenters. The number of unbranched alkanes of at least 4 members (excludes halogenated alkanes) is 3. The molecule has 0 bridgehead atoms. The zero-order chi connectivity index (χ0) is 26.1. The van der Waals surface area contributed by atoms with E-state index in [1.165, 1.54) is 29.1 Å². The van der Waals surface area contributed by atoms with Crippen LogP contribution in [0.5, 0.6) is 5.75 Å². The lowest BCUT2D eigenvalue weighted by atomic mass is 10.1. The molecule has 35 heavy (non-hydrogen) atoms. The molecule has 2 amide bonds. The number of aliphatic hydroxyl groups excluding tert-OH is 1. The summed E-state index contributed by atoms with van der Waals surface area (Å²) in [4.78, 5) is 24.6. The lowest BCUT2D eigenvalue weighted by Crippen LogP contribution is -2.46. The molecule has 194 valence electrons. The smallest absolute Gasteiger partial charge is 0.405 e. The molecule has 1 aromatic carbocycles. The van der Waals surface area contributed by atoms with Crippen molar-refractivity contribution in [2.45, 2.75) is 51.2 Å². The van der Waals surface area contributed by atoms with Crippen molar-refractivity contribution in [3.05, 3.63) is 35.7 Å². The molecular weight excluding hydrogens is 474 g/mol. The standard InChI is InChI=1S/C22H29F4N5O4/c1-21(2,14-32)28-20(34)16-12-31(30-29-16)17-8-7-15(19(33)27-13-22(24,25)26)11-18(17)35-10-6-4-3-5-9-23/h7-8,11-12,32H,3-6,9-10,13-14H2,1-2H3,(H,27,33)(H,28,34). The highest BCUT2D eigenvalue weighted by atomic mass is 19.4. The van der Waals surface area contributed by atoms with Crippen molar-refractivity contribution < 1.29 is 37.0 Å². The average Bonchev–Trinajstić information content (AvgIpc) is 3.29. The summed E-state index contributed by atoms with van der Waals surface area (Å²) in [5.74, 6) is -1.37. The predicted molar refractivity (Wildman–Crippen MR) is 118 cm³/mol. The fraction of sp³-hybridized carbons (Fsp3) is 0.545. The van der Waals surface area contributed by atoms with Gasteiger partial charge in [-0.25, -0.2) is 4.68 Å². The molecule has 0 spiro atoms. The van der Waals surface area contributed by atoms with Crippen molar-refractivity contribution in [2.75, 3.05) is 26.4 Å². The van der Waals surface area contributed by atoms with Gasteiger partial charge in [0.15, 0.2) is 5.69 Å². The van der Waals surface area contributed by atoms with E-state index in [2.05, 4.69) is 15.6 Å². The van der Waals surface area contributed by atoms with Crippen LogP contribution in [0.1, 0.15) is 60.4 Å². The van der Waals surface area contributed by atoms with Crippen LogP contribution in [-0.4, -0.2) is 70.1 Å². The molecule has 1 aromatic heterocycles. The zero-order valence-corrected chi connectivity index (χ0v) is 19.5. The predicted octanol–water partition coefficient (Wildman–Crippen LogP) is 2.97. The summed E-state index contributed by atoms with van der Waals surface area (Å²) in [6, 6.07) is 3.99. The van der Waals surface area contributed by atoms with Gasteiger partial charge in [-0.05, 0) is 51.3 Å². The maximum atomic E-state index is 12.5. The Morgan fingerprint density at radius 3 is 2.49 bits per heavy atom.